The van der Waals surface area contributed by atoms with Crippen LogP contribution >= 0.6 is 11.6 Å². The number of aromatic nitrogens is 5. The molecule has 3 aliphatic rings. The third-order valence-electron chi connectivity index (χ3n) is 7.34. The van der Waals surface area contributed by atoms with Crippen molar-refractivity contribution >= 4 is 45.2 Å². The van der Waals surface area contributed by atoms with E-state index in [4.69, 9.17) is 11.6 Å². The highest BCUT2D eigenvalue weighted by molar-refractivity contribution is 7.92. The Bertz CT molecular complexity index is 1300. The van der Waals surface area contributed by atoms with Crippen molar-refractivity contribution in [2.24, 2.45) is 23.2 Å². The first-order valence-electron chi connectivity index (χ1n) is 11.5. The normalized spacial score (nSPS) is 22.7. The summed E-state index contributed by atoms with van der Waals surface area (Å²) in [5.41, 5.74) is 1.01. The smallest absolute Gasteiger partial charge is 0.264 e. The lowest BCUT2D eigenvalue weighted by atomic mass is 9.45. The second-order valence-electron chi connectivity index (χ2n) is 9.66. The Balaban J connectivity index is 1.23. The number of halogens is 1. The molecule has 3 aromatic rings. The molecule has 3 saturated carbocycles. The number of nitrogens with zero attached hydrogens (tertiary/aromatic N) is 5. The first kappa shape index (κ1) is 23.7. The van der Waals surface area contributed by atoms with Crippen LogP contribution in [0.1, 0.15) is 33.1 Å². The fourth-order valence-corrected chi connectivity index (χ4v) is 6.41. The van der Waals surface area contributed by atoms with Gasteiger partial charge in [-0.05, 0) is 84.4 Å². The zero-order valence-corrected chi connectivity index (χ0v) is 21.0. The maximum Gasteiger partial charge on any atom is 0.264 e. The number of hydrogen-bond acceptors (Lipinski definition) is 9. The van der Waals surface area contributed by atoms with Gasteiger partial charge in [0.05, 0.1) is 4.90 Å². The second kappa shape index (κ2) is 9.19. The first-order chi connectivity index (χ1) is 16.7. The molecule has 6 rings (SSSR count). The molecule has 2 aromatic heterocycles. The van der Waals surface area contributed by atoms with E-state index >= 15 is 0 Å². The van der Waals surface area contributed by atoms with Crippen molar-refractivity contribution in [3.63, 3.8) is 0 Å². The number of benzene rings is 1. The van der Waals surface area contributed by atoms with Crippen LogP contribution in [0.15, 0.2) is 47.6 Å². The Kier molecular flexibility index (Phi) is 6.22. The molecule has 35 heavy (non-hydrogen) atoms. The fraction of sp³-hybridized carbons (Fsp3) is 0.435. The highest BCUT2D eigenvalue weighted by atomic mass is 35.5. The van der Waals surface area contributed by atoms with Gasteiger partial charge in [0.2, 0.25) is 23.1 Å². The van der Waals surface area contributed by atoms with Crippen LogP contribution in [0.25, 0.3) is 0 Å². The topological polar surface area (TPSA) is 135 Å². The average Bonchev–Trinajstić information content (AvgIpc) is 2.83. The number of hydrogen-bond donors (Lipinski definition) is 3. The zero-order valence-electron chi connectivity index (χ0n) is 19.4. The fourth-order valence-electron chi connectivity index (χ4n) is 5.29. The van der Waals surface area contributed by atoms with E-state index in [1.807, 2.05) is 0 Å². The van der Waals surface area contributed by atoms with Gasteiger partial charge in [-0.1, -0.05) is 13.8 Å². The van der Waals surface area contributed by atoms with Gasteiger partial charge in [-0.25, -0.2) is 23.1 Å². The van der Waals surface area contributed by atoms with Crippen molar-refractivity contribution in [2.45, 2.75) is 38.0 Å². The third kappa shape index (κ3) is 5.01. The van der Waals surface area contributed by atoms with Gasteiger partial charge in [0.1, 0.15) is 0 Å². The quantitative estimate of drug-likeness (QED) is 0.401. The lowest BCUT2D eigenvalue weighted by molar-refractivity contribution is -0.100. The minimum atomic E-state index is -3.82. The van der Waals surface area contributed by atoms with Gasteiger partial charge in [0, 0.05) is 24.6 Å². The van der Waals surface area contributed by atoms with Crippen LogP contribution in [0.5, 0.6) is 0 Å². The van der Waals surface area contributed by atoms with Crippen LogP contribution in [-0.4, -0.2) is 39.9 Å². The predicted octanol–water partition coefficient (Wildman–Crippen LogP) is 4.34. The minimum Gasteiger partial charge on any atom is -0.354 e. The molecule has 184 valence electrons. The number of sulfonamides is 1. The van der Waals surface area contributed by atoms with Gasteiger partial charge >= 0.3 is 0 Å². The maximum absolute atomic E-state index is 12.6. The van der Waals surface area contributed by atoms with Crippen molar-refractivity contribution in [2.75, 3.05) is 21.9 Å². The molecule has 3 atom stereocenters. The van der Waals surface area contributed by atoms with E-state index in [0.717, 1.165) is 18.4 Å². The van der Waals surface area contributed by atoms with Gasteiger partial charge in [-0.3, -0.25) is 0 Å². The van der Waals surface area contributed by atoms with E-state index in [2.05, 4.69) is 54.1 Å². The van der Waals surface area contributed by atoms with E-state index in [-0.39, 0.29) is 22.1 Å². The summed E-state index contributed by atoms with van der Waals surface area (Å²) in [6.45, 7) is 5.55. The summed E-state index contributed by atoms with van der Waals surface area (Å²) in [6.07, 6.45) is 6.72. The van der Waals surface area contributed by atoms with E-state index in [1.54, 1.807) is 18.2 Å². The van der Waals surface area contributed by atoms with Crippen molar-refractivity contribution in [1.82, 2.24) is 24.9 Å². The van der Waals surface area contributed by atoms with Gasteiger partial charge in [0.25, 0.3) is 10.0 Å². The third-order valence-corrected chi connectivity index (χ3v) is 8.86. The summed E-state index contributed by atoms with van der Waals surface area (Å²) in [4.78, 5) is 20.6. The molecule has 2 bridgehead atoms. The van der Waals surface area contributed by atoms with Crippen molar-refractivity contribution in [3.05, 3.63) is 48.0 Å². The number of anilines is 4. The zero-order chi connectivity index (χ0) is 24.6. The molecular formula is C23H27ClN8O2S. The minimum absolute atomic E-state index is 0.00322. The van der Waals surface area contributed by atoms with Crippen molar-refractivity contribution in [3.8, 4) is 0 Å². The van der Waals surface area contributed by atoms with E-state index in [9.17, 15) is 8.42 Å². The highest BCUT2D eigenvalue weighted by Gasteiger charge is 2.53. The van der Waals surface area contributed by atoms with Crippen LogP contribution in [-0.2, 0) is 10.0 Å². The summed E-state index contributed by atoms with van der Waals surface area (Å²) in [5.74, 6) is 2.86. The molecule has 0 aliphatic heterocycles. The number of rotatable bonds is 8. The number of fused-ring (bicyclic) bond motifs is 2. The highest BCUT2D eigenvalue weighted by Crippen LogP contribution is 2.61. The van der Waals surface area contributed by atoms with E-state index < -0.39 is 10.0 Å². The lowest BCUT2D eigenvalue weighted by Crippen LogP contribution is -2.53. The summed E-state index contributed by atoms with van der Waals surface area (Å²) >= 11 is 6.14. The molecule has 0 saturated heterocycles. The number of nitrogens with one attached hydrogen (secondary N) is 3. The van der Waals surface area contributed by atoms with Gasteiger partial charge in [0.15, 0.2) is 0 Å². The molecule has 0 spiro atoms. The van der Waals surface area contributed by atoms with Gasteiger partial charge in [-0.15, -0.1) is 0 Å². The van der Waals surface area contributed by atoms with Crippen LogP contribution in [0.3, 0.4) is 0 Å². The Morgan fingerprint density at radius 3 is 2.40 bits per heavy atom. The summed E-state index contributed by atoms with van der Waals surface area (Å²) in [6, 6.07) is 7.76. The second-order valence-corrected chi connectivity index (χ2v) is 11.7. The molecule has 10 nitrogen and oxygen atoms in total. The molecule has 3 aliphatic carbocycles. The van der Waals surface area contributed by atoms with Crippen molar-refractivity contribution < 1.29 is 8.42 Å². The molecular weight excluding hydrogens is 488 g/mol. The first-order valence-corrected chi connectivity index (χ1v) is 13.4. The molecule has 3 fully saturated rings. The molecule has 0 amide bonds. The SMILES string of the molecule is CC1(C)C2CCC(CNc3nc(Cl)nc(Nc4ccc(S(=O)(=O)Nc5ncccn5)cc4)n3)C1C2. The standard InChI is InChI=1S/C23H27ClN8O2S/c1-23(2)15-5-4-14(18(23)12-15)13-27-21-29-19(24)30-22(31-21)28-16-6-8-17(9-7-16)35(33,34)32-20-25-10-3-11-26-20/h3,6-11,14-15,18H,4-5,12-13H2,1-2H3,(H,25,26,32)(H2,27,28,29,30,31). The summed E-state index contributed by atoms with van der Waals surface area (Å²) in [5, 5.41) is 6.47. The molecule has 3 unspecified atom stereocenters. The molecule has 2 heterocycles. The Labute approximate surface area is 209 Å². The van der Waals surface area contributed by atoms with E-state index in [1.165, 1.54) is 43.8 Å². The molecule has 3 N–H and O–H groups in total. The lowest BCUT2D eigenvalue weighted by Gasteiger charge is -2.60. The average molecular weight is 515 g/mol. The van der Waals surface area contributed by atoms with Crippen LogP contribution < -0.4 is 15.4 Å². The van der Waals surface area contributed by atoms with Crippen LogP contribution in [0.4, 0.5) is 23.5 Å². The molecule has 0 radical (unpaired) electrons. The summed E-state index contributed by atoms with van der Waals surface area (Å²) in [7, 11) is -3.82. The maximum atomic E-state index is 12.6. The van der Waals surface area contributed by atoms with Crippen LogP contribution in [0.2, 0.25) is 5.28 Å². The van der Waals surface area contributed by atoms with Crippen LogP contribution in [0, 0.1) is 23.2 Å². The molecule has 1 aromatic carbocycles. The van der Waals surface area contributed by atoms with Gasteiger partial charge in [-0.2, -0.15) is 15.0 Å². The van der Waals surface area contributed by atoms with Crippen molar-refractivity contribution in [1.29, 1.82) is 0 Å². The largest absolute Gasteiger partial charge is 0.354 e. The molecule has 12 heteroatoms. The Hall–Kier alpha value is -3.05. The van der Waals surface area contributed by atoms with Gasteiger partial charge < -0.3 is 10.6 Å². The predicted molar refractivity (Wildman–Crippen MR) is 134 cm³/mol. The Morgan fingerprint density at radius 1 is 1.00 bits per heavy atom. The monoisotopic (exact) mass is 514 g/mol. The van der Waals surface area contributed by atoms with E-state index in [0.29, 0.717) is 23.0 Å². The Morgan fingerprint density at radius 2 is 1.71 bits per heavy atom. The summed E-state index contributed by atoms with van der Waals surface area (Å²) < 4.78 is 27.5.